The van der Waals surface area contributed by atoms with Crippen LogP contribution in [-0.2, 0) is 11.3 Å². The minimum Gasteiger partial charge on any atom is -0.351 e. The van der Waals surface area contributed by atoms with Gasteiger partial charge in [-0.15, -0.1) is 0 Å². The van der Waals surface area contributed by atoms with Crippen molar-refractivity contribution < 1.29 is 9.18 Å². The second-order valence-corrected chi connectivity index (χ2v) is 5.37. The average molecular weight is 315 g/mol. The van der Waals surface area contributed by atoms with Crippen LogP contribution in [0.25, 0.3) is 0 Å². The van der Waals surface area contributed by atoms with Crippen molar-refractivity contribution >= 4 is 21.8 Å². The van der Waals surface area contributed by atoms with Crippen molar-refractivity contribution in [2.75, 3.05) is 6.54 Å². The van der Waals surface area contributed by atoms with E-state index in [-0.39, 0.29) is 24.3 Å². The zero-order chi connectivity index (χ0) is 13.0. The minimum atomic E-state index is -0.296. The molecule has 18 heavy (non-hydrogen) atoms. The van der Waals surface area contributed by atoms with Crippen LogP contribution in [0.5, 0.6) is 0 Å². The van der Waals surface area contributed by atoms with E-state index in [1.165, 1.54) is 6.07 Å². The van der Waals surface area contributed by atoms with Gasteiger partial charge in [-0.3, -0.25) is 4.79 Å². The number of benzene rings is 1. The molecule has 1 aromatic carbocycles. The lowest BCUT2D eigenvalue weighted by Gasteiger charge is -2.22. The molecule has 2 rings (SSSR count). The van der Waals surface area contributed by atoms with Crippen molar-refractivity contribution in [3.63, 3.8) is 0 Å². The quantitative estimate of drug-likeness (QED) is 0.899. The summed E-state index contributed by atoms with van der Waals surface area (Å²) in [5.41, 5.74) is 0.494. The van der Waals surface area contributed by atoms with Gasteiger partial charge in [0, 0.05) is 16.6 Å². The van der Waals surface area contributed by atoms with Gasteiger partial charge in [0.2, 0.25) is 5.91 Å². The van der Waals surface area contributed by atoms with Gasteiger partial charge in [0.25, 0.3) is 0 Å². The summed E-state index contributed by atoms with van der Waals surface area (Å²) >= 11 is 3.29. The normalized spacial score (nSPS) is 19.6. The van der Waals surface area contributed by atoms with Crippen LogP contribution in [0.4, 0.5) is 4.39 Å². The highest BCUT2D eigenvalue weighted by Crippen LogP contribution is 2.15. The van der Waals surface area contributed by atoms with Crippen LogP contribution >= 0.6 is 15.9 Å². The lowest BCUT2D eigenvalue weighted by molar-refractivity contribution is -0.123. The Morgan fingerprint density at radius 3 is 3.06 bits per heavy atom. The van der Waals surface area contributed by atoms with Crippen LogP contribution in [0.3, 0.4) is 0 Å². The third-order valence-corrected chi connectivity index (χ3v) is 3.58. The van der Waals surface area contributed by atoms with Crippen molar-refractivity contribution in [1.29, 1.82) is 0 Å². The summed E-state index contributed by atoms with van der Waals surface area (Å²) in [6.45, 7) is 1.10. The predicted octanol–water partition coefficient (Wildman–Crippen LogP) is 2.35. The minimum absolute atomic E-state index is 0.0472. The summed E-state index contributed by atoms with van der Waals surface area (Å²) in [5.74, 6) is -0.343. The van der Waals surface area contributed by atoms with Crippen molar-refractivity contribution in [2.24, 2.45) is 0 Å². The van der Waals surface area contributed by atoms with E-state index in [4.69, 9.17) is 0 Å². The third-order valence-electron chi connectivity index (χ3n) is 3.09. The van der Waals surface area contributed by atoms with Gasteiger partial charge in [0.1, 0.15) is 5.82 Å². The molecule has 0 spiro atoms. The number of nitrogens with one attached hydrogen (secondary N) is 2. The molecule has 0 radical (unpaired) electrons. The first-order chi connectivity index (χ1) is 8.66. The number of carbonyl (C=O) groups excluding carboxylic acids is 1. The third kappa shape index (κ3) is 3.53. The van der Waals surface area contributed by atoms with Crippen molar-refractivity contribution in [1.82, 2.24) is 10.6 Å². The second-order valence-electron chi connectivity index (χ2n) is 4.46. The average Bonchev–Trinajstić information content (AvgIpc) is 2.40. The van der Waals surface area contributed by atoms with Gasteiger partial charge in [-0.05, 0) is 37.6 Å². The van der Waals surface area contributed by atoms with Crippen LogP contribution in [-0.4, -0.2) is 18.5 Å². The van der Waals surface area contributed by atoms with E-state index < -0.39 is 0 Å². The highest BCUT2D eigenvalue weighted by atomic mass is 79.9. The SMILES string of the molecule is O=C(NCc1cc(Br)ccc1F)[C@@H]1CCCCN1. The number of hydrogen-bond donors (Lipinski definition) is 2. The Hall–Kier alpha value is -0.940. The maximum absolute atomic E-state index is 13.5. The zero-order valence-corrected chi connectivity index (χ0v) is 11.6. The molecule has 1 aromatic rings. The topological polar surface area (TPSA) is 41.1 Å². The number of amides is 1. The maximum atomic E-state index is 13.5. The van der Waals surface area contributed by atoms with E-state index in [0.717, 1.165) is 30.3 Å². The Kier molecular flexibility index (Phi) is 4.72. The molecule has 1 atom stereocenters. The first kappa shape index (κ1) is 13.5. The summed E-state index contributed by atoms with van der Waals surface area (Å²) in [6, 6.07) is 4.59. The van der Waals surface area contributed by atoms with E-state index in [0.29, 0.717) is 5.56 Å². The van der Waals surface area contributed by atoms with E-state index in [2.05, 4.69) is 26.6 Å². The molecular formula is C13H16BrFN2O. The largest absolute Gasteiger partial charge is 0.351 e. The summed E-state index contributed by atoms with van der Waals surface area (Å²) in [6.07, 6.45) is 3.03. The summed E-state index contributed by atoms with van der Waals surface area (Å²) in [4.78, 5) is 11.9. The first-order valence-corrected chi connectivity index (χ1v) is 6.91. The van der Waals surface area contributed by atoms with Crippen LogP contribution in [0, 0.1) is 5.82 Å². The second kappa shape index (κ2) is 6.29. The Labute approximate surface area is 114 Å². The molecule has 1 aliphatic heterocycles. The summed E-state index contributed by atoms with van der Waals surface area (Å²) in [7, 11) is 0. The van der Waals surface area contributed by atoms with E-state index in [1.54, 1.807) is 12.1 Å². The number of halogens is 2. The van der Waals surface area contributed by atoms with E-state index in [1.807, 2.05) is 0 Å². The first-order valence-electron chi connectivity index (χ1n) is 6.12. The molecule has 1 saturated heterocycles. The van der Waals surface area contributed by atoms with Gasteiger partial charge in [0.05, 0.1) is 6.04 Å². The number of carbonyl (C=O) groups is 1. The standard InChI is InChI=1S/C13H16BrFN2O/c14-10-4-5-11(15)9(7-10)8-17-13(18)12-3-1-2-6-16-12/h4-5,7,12,16H,1-3,6,8H2,(H,17,18)/t12-/m0/s1. The van der Waals surface area contributed by atoms with Crippen molar-refractivity contribution in [3.05, 3.63) is 34.1 Å². The maximum Gasteiger partial charge on any atom is 0.237 e. The van der Waals surface area contributed by atoms with Crippen LogP contribution in [0.15, 0.2) is 22.7 Å². The van der Waals surface area contributed by atoms with Gasteiger partial charge < -0.3 is 10.6 Å². The molecule has 1 fully saturated rings. The Bertz CT molecular complexity index is 433. The molecule has 5 heteroatoms. The molecule has 0 bridgehead atoms. The van der Waals surface area contributed by atoms with Crippen molar-refractivity contribution in [3.8, 4) is 0 Å². The molecule has 2 N–H and O–H groups in total. The summed E-state index contributed by atoms with van der Waals surface area (Å²) < 4.78 is 14.3. The molecule has 0 aliphatic carbocycles. The molecule has 0 unspecified atom stereocenters. The molecule has 1 aliphatic rings. The van der Waals surface area contributed by atoms with E-state index >= 15 is 0 Å². The fourth-order valence-electron chi connectivity index (χ4n) is 2.06. The van der Waals surface area contributed by atoms with Gasteiger partial charge >= 0.3 is 0 Å². The Morgan fingerprint density at radius 2 is 2.33 bits per heavy atom. The fourth-order valence-corrected chi connectivity index (χ4v) is 2.47. The molecule has 3 nitrogen and oxygen atoms in total. The number of hydrogen-bond acceptors (Lipinski definition) is 2. The number of rotatable bonds is 3. The highest BCUT2D eigenvalue weighted by molar-refractivity contribution is 9.10. The van der Waals surface area contributed by atoms with E-state index in [9.17, 15) is 9.18 Å². The van der Waals surface area contributed by atoms with Gasteiger partial charge in [-0.2, -0.15) is 0 Å². The lowest BCUT2D eigenvalue weighted by atomic mass is 10.0. The zero-order valence-electron chi connectivity index (χ0n) is 10.0. The fraction of sp³-hybridized carbons (Fsp3) is 0.462. The van der Waals surface area contributed by atoms with Crippen molar-refractivity contribution in [2.45, 2.75) is 31.8 Å². The van der Waals surface area contributed by atoms with Crippen LogP contribution in [0.2, 0.25) is 0 Å². The molecular weight excluding hydrogens is 299 g/mol. The Balaban J connectivity index is 1.90. The molecule has 0 aromatic heterocycles. The highest BCUT2D eigenvalue weighted by Gasteiger charge is 2.20. The summed E-state index contributed by atoms with van der Waals surface area (Å²) in [5, 5.41) is 5.94. The Morgan fingerprint density at radius 1 is 1.50 bits per heavy atom. The smallest absolute Gasteiger partial charge is 0.237 e. The molecule has 1 amide bonds. The molecule has 0 saturated carbocycles. The predicted molar refractivity (Wildman–Crippen MR) is 71.6 cm³/mol. The van der Waals surface area contributed by atoms with Crippen LogP contribution in [0.1, 0.15) is 24.8 Å². The van der Waals surface area contributed by atoms with Gasteiger partial charge in [-0.25, -0.2) is 4.39 Å². The molecule has 1 heterocycles. The van der Waals surface area contributed by atoms with Crippen LogP contribution < -0.4 is 10.6 Å². The monoisotopic (exact) mass is 314 g/mol. The lowest BCUT2D eigenvalue weighted by Crippen LogP contribution is -2.46. The van der Waals surface area contributed by atoms with Gasteiger partial charge in [0.15, 0.2) is 0 Å². The van der Waals surface area contributed by atoms with Gasteiger partial charge in [-0.1, -0.05) is 22.4 Å². The molecule has 98 valence electrons. The number of piperidine rings is 1.